The van der Waals surface area contributed by atoms with Crippen LogP contribution in [0.4, 0.5) is 13.2 Å². The van der Waals surface area contributed by atoms with Crippen molar-refractivity contribution in [3.8, 4) is 17.0 Å². The van der Waals surface area contributed by atoms with Crippen molar-refractivity contribution in [1.29, 1.82) is 0 Å². The number of rotatable bonds is 7. The first-order valence-electron chi connectivity index (χ1n) is 10.8. The van der Waals surface area contributed by atoms with Gasteiger partial charge in [0.25, 0.3) is 5.91 Å². The monoisotopic (exact) mass is 552 g/mol. The summed E-state index contributed by atoms with van der Waals surface area (Å²) in [4.78, 5) is 15.8. The molecule has 13 heteroatoms. The first kappa shape index (κ1) is 26.4. The Morgan fingerprint density at radius 1 is 1.16 bits per heavy atom. The highest BCUT2D eigenvalue weighted by molar-refractivity contribution is 7.90. The number of ether oxygens (including phenoxy) is 1. The number of methoxy groups -OCH3 is 1. The van der Waals surface area contributed by atoms with Gasteiger partial charge in [-0.3, -0.25) is 9.89 Å². The summed E-state index contributed by atoms with van der Waals surface area (Å²) in [5.74, 6) is -5.16. The van der Waals surface area contributed by atoms with Crippen molar-refractivity contribution in [3.05, 3.63) is 70.3 Å². The number of carbonyl (C=O) groups is 1. The lowest BCUT2D eigenvalue weighted by Gasteiger charge is -2.13. The second-order valence-electron chi connectivity index (χ2n) is 8.37. The molecule has 0 saturated heterocycles. The lowest BCUT2D eigenvalue weighted by atomic mass is 9.99. The summed E-state index contributed by atoms with van der Waals surface area (Å²) in [5.41, 5.74) is -2.01. The Bertz CT molecular complexity index is 1640. The van der Waals surface area contributed by atoms with E-state index < -0.39 is 55.6 Å². The molecule has 0 fully saturated rings. The molecule has 37 heavy (non-hydrogen) atoms. The van der Waals surface area contributed by atoms with E-state index in [1.165, 1.54) is 19.4 Å². The van der Waals surface area contributed by atoms with Crippen LogP contribution in [-0.2, 0) is 15.6 Å². The van der Waals surface area contributed by atoms with Gasteiger partial charge in [-0.15, -0.1) is 0 Å². The molecule has 4 rings (SSSR count). The molecule has 8 nitrogen and oxygen atoms in total. The highest BCUT2D eigenvalue weighted by Crippen LogP contribution is 2.35. The van der Waals surface area contributed by atoms with Crippen molar-refractivity contribution in [2.24, 2.45) is 0 Å². The fraction of sp³-hybridized carbons (Fsp3) is 0.208. The van der Waals surface area contributed by atoms with Crippen LogP contribution in [0.1, 0.15) is 29.9 Å². The largest absolute Gasteiger partial charge is 0.480 e. The highest BCUT2D eigenvalue weighted by Gasteiger charge is 2.27. The van der Waals surface area contributed by atoms with Gasteiger partial charge in [-0.2, -0.15) is 5.10 Å². The van der Waals surface area contributed by atoms with Crippen molar-refractivity contribution in [2.75, 3.05) is 7.11 Å². The Morgan fingerprint density at radius 2 is 1.89 bits per heavy atom. The lowest BCUT2D eigenvalue weighted by Crippen LogP contribution is -2.30. The summed E-state index contributed by atoms with van der Waals surface area (Å²) in [5, 5.41) is 9.02. The number of hydrogen-bond donors (Lipinski definition) is 2. The minimum atomic E-state index is -4.26. The fourth-order valence-electron chi connectivity index (χ4n) is 3.77. The van der Waals surface area contributed by atoms with Gasteiger partial charge in [-0.25, -0.2) is 26.6 Å². The number of hydrogen-bond acceptors (Lipinski definition) is 6. The van der Waals surface area contributed by atoms with Crippen LogP contribution in [0.25, 0.3) is 22.0 Å². The number of carbonyl (C=O) groups excluding carboxylic acids is 1. The summed E-state index contributed by atoms with van der Waals surface area (Å²) in [6.07, 6.45) is 1.18. The van der Waals surface area contributed by atoms with E-state index in [1.54, 1.807) is 13.8 Å². The molecule has 0 aliphatic carbocycles. The van der Waals surface area contributed by atoms with Gasteiger partial charge in [-0.05, 0) is 32.0 Å². The molecule has 2 aromatic heterocycles. The molecular formula is C24H20ClF3N4O4S. The van der Waals surface area contributed by atoms with E-state index in [1.807, 2.05) is 0 Å². The smallest absolute Gasteiger partial charge is 0.270 e. The maximum Gasteiger partial charge on any atom is 0.270 e. The van der Waals surface area contributed by atoms with Gasteiger partial charge in [-0.1, -0.05) is 23.7 Å². The first-order valence-corrected chi connectivity index (χ1v) is 12.8. The summed E-state index contributed by atoms with van der Waals surface area (Å²) in [6.45, 7) is 3.49. The van der Waals surface area contributed by atoms with Crippen molar-refractivity contribution in [3.63, 3.8) is 0 Å². The Balaban J connectivity index is 1.79. The van der Waals surface area contributed by atoms with Gasteiger partial charge in [0.15, 0.2) is 15.7 Å². The third-order valence-electron chi connectivity index (χ3n) is 5.41. The van der Waals surface area contributed by atoms with Crippen molar-refractivity contribution in [1.82, 2.24) is 20.5 Å². The Hall–Kier alpha value is -3.64. The Morgan fingerprint density at radius 3 is 2.57 bits per heavy atom. The predicted molar refractivity (Wildman–Crippen MR) is 131 cm³/mol. The van der Waals surface area contributed by atoms with Gasteiger partial charge >= 0.3 is 0 Å². The molecule has 0 radical (unpaired) electrons. The average Bonchev–Trinajstić information content (AvgIpc) is 3.27. The van der Waals surface area contributed by atoms with Crippen LogP contribution in [0.15, 0.2) is 41.4 Å². The summed E-state index contributed by atoms with van der Waals surface area (Å²) >= 11 is 5.87. The van der Waals surface area contributed by atoms with Crippen LogP contribution >= 0.6 is 11.6 Å². The van der Waals surface area contributed by atoms with Gasteiger partial charge in [0, 0.05) is 28.8 Å². The molecule has 4 aromatic rings. The molecule has 0 saturated carbocycles. The molecule has 2 heterocycles. The maximum atomic E-state index is 15.5. The van der Waals surface area contributed by atoms with E-state index in [-0.39, 0.29) is 38.4 Å². The van der Waals surface area contributed by atoms with Gasteiger partial charge < -0.3 is 10.1 Å². The number of pyridine rings is 1. The zero-order chi connectivity index (χ0) is 27.1. The van der Waals surface area contributed by atoms with Gasteiger partial charge in [0.2, 0.25) is 5.88 Å². The van der Waals surface area contributed by atoms with Gasteiger partial charge in [0.05, 0.1) is 23.4 Å². The van der Waals surface area contributed by atoms with E-state index in [4.69, 9.17) is 16.3 Å². The number of amides is 1. The Labute approximate surface area is 214 Å². The summed E-state index contributed by atoms with van der Waals surface area (Å²) in [6, 6.07) is 5.10. The summed E-state index contributed by atoms with van der Waals surface area (Å²) in [7, 11) is -3.06. The number of sulfone groups is 1. The third kappa shape index (κ3) is 4.98. The maximum absolute atomic E-state index is 15.5. The minimum Gasteiger partial charge on any atom is -0.480 e. The molecule has 0 bridgehead atoms. The van der Waals surface area contributed by atoms with E-state index in [0.717, 1.165) is 24.3 Å². The highest BCUT2D eigenvalue weighted by atomic mass is 35.5. The number of fused-ring (bicyclic) bond motifs is 1. The normalized spacial score (nSPS) is 11.8. The van der Waals surface area contributed by atoms with Crippen LogP contribution in [0, 0.1) is 17.5 Å². The van der Waals surface area contributed by atoms with Crippen molar-refractivity contribution >= 4 is 38.2 Å². The molecule has 2 N–H and O–H groups in total. The minimum absolute atomic E-state index is 0.00969. The standard InChI is InChI=1S/C24H20ClF3N4O4S/c1-11(2)30-23(33)22-15-6-5-14(20(28)21(15)31-32-22)18-16(26)7-4-12(19(18)27)10-37(34,35)17-8-13(25)9-29-24(17)36-3/h4-9,11H,10H2,1-3H3,(H,30,33)(H,31,32). The molecular weight excluding hydrogens is 533 g/mol. The number of nitrogens with zero attached hydrogens (tertiary/aromatic N) is 2. The fourth-order valence-corrected chi connectivity index (χ4v) is 5.49. The zero-order valence-electron chi connectivity index (χ0n) is 19.7. The van der Waals surface area contributed by atoms with E-state index in [2.05, 4.69) is 20.5 Å². The summed E-state index contributed by atoms with van der Waals surface area (Å²) < 4.78 is 76.8. The van der Waals surface area contributed by atoms with E-state index in [0.29, 0.717) is 0 Å². The van der Waals surface area contributed by atoms with Crippen LogP contribution in [-0.4, -0.2) is 42.7 Å². The first-order chi connectivity index (χ1) is 17.4. The molecule has 1 amide bonds. The topological polar surface area (TPSA) is 114 Å². The van der Waals surface area contributed by atoms with Crippen LogP contribution in [0.5, 0.6) is 5.88 Å². The van der Waals surface area contributed by atoms with Crippen molar-refractivity contribution < 1.29 is 31.1 Å². The van der Waals surface area contributed by atoms with Gasteiger partial charge in [0.1, 0.15) is 27.7 Å². The average molecular weight is 553 g/mol. The second kappa shape index (κ2) is 10.0. The van der Waals surface area contributed by atoms with E-state index in [9.17, 15) is 17.6 Å². The Kier molecular flexibility index (Phi) is 7.16. The van der Waals surface area contributed by atoms with Crippen LogP contribution in [0.2, 0.25) is 5.02 Å². The number of aromatic amines is 1. The quantitative estimate of drug-likeness (QED) is 0.340. The van der Waals surface area contributed by atoms with Crippen LogP contribution < -0.4 is 10.1 Å². The molecule has 0 unspecified atom stereocenters. The number of H-pyrrole nitrogens is 1. The molecule has 0 aliphatic rings. The number of nitrogens with one attached hydrogen (secondary N) is 2. The molecule has 0 atom stereocenters. The van der Waals surface area contributed by atoms with Crippen LogP contribution in [0.3, 0.4) is 0 Å². The predicted octanol–water partition coefficient (Wildman–Crippen LogP) is 4.82. The molecule has 0 spiro atoms. The molecule has 2 aromatic carbocycles. The number of halogens is 4. The SMILES string of the molecule is COc1ncc(Cl)cc1S(=O)(=O)Cc1ccc(F)c(-c2ccc3c(C(=O)NC(C)C)[nH]nc3c2F)c1F. The zero-order valence-corrected chi connectivity index (χ0v) is 21.3. The van der Waals surface area contributed by atoms with Crippen molar-refractivity contribution in [2.45, 2.75) is 30.5 Å². The third-order valence-corrected chi connectivity index (χ3v) is 7.27. The lowest BCUT2D eigenvalue weighted by molar-refractivity contribution is 0.0939. The number of benzene rings is 2. The second-order valence-corrected chi connectivity index (χ2v) is 10.8. The molecule has 0 aliphatic heterocycles. The molecule has 194 valence electrons. The van der Waals surface area contributed by atoms with E-state index >= 15 is 8.78 Å². The number of aromatic nitrogens is 3.